The van der Waals surface area contributed by atoms with Gasteiger partial charge in [0.05, 0.1) is 5.92 Å². The van der Waals surface area contributed by atoms with Crippen molar-refractivity contribution in [2.45, 2.75) is 39.3 Å². The molecule has 0 aromatic heterocycles. The van der Waals surface area contributed by atoms with E-state index < -0.39 is 16.1 Å². The average molecular weight is 259 g/mol. The molecule has 0 heterocycles. The third-order valence-electron chi connectivity index (χ3n) is 2.10. The lowest BCUT2D eigenvalue weighted by Gasteiger charge is -2.07. The Hall–Kier alpha value is -0.966. The van der Waals surface area contributed by atoms with Gasteiger partial charge >= 0.3 is 0 Å². The number of hydrogen-bond donors (Lipinski definition) is 0. The van der Waals surface area contributed by atoms with Crippen LogP contribution in [0.2, 0.25) is 39.3 Å². The predicted molar refractivity (Wildman–Crippen MR) is 83.0 cm³/mol. The van der Waals surface area contributed by atoms with E-state index in [1.807, 2.05) is 0 Å². The van der Waals surface area contributed by atoms with Crippen molar-refractivity contribution in [3.8, 4) is 22.9 Å². The van der Waals surface area contributed by atoms with E-state index in [1.54, 1.807) is 0 Å². The Balaban J connectivity index is 2.82. The second-order valence-corrected chi connectivity index (χ2v) is 16.0. The lowest BCUT2D eigenvalue weighted by atomic mass is 10.1. The van der Waals surface area contributed by atoms with Crippen molar-refractivity contribution < 1.29 is 0 Å². The van der Waals surface area contributed by atoms with Crippen LogP contribution in [0.15, 0.2) is 23.8 Å². The zero-order chi connectivity index (χ0) is 13.1. The quantitative estimate of drug-likeness (QED) is 0.457. The van der Waals surface area contributed by atoms with E-state index in [2.05, 4.69) is 80.4 Å². The zero-order valence-electron chi connectivity index (χ0n) is 11.8. The molecule has 0 aromatic carbocycles. The minimum atomic E-state index is -1.28. The molecule has 90 valence electrons. The molecule has 2 heteroatoms. The molecule has 0 aliphatic heterocycles. The van der Waals surface area contributed by atoms with Gasteiger partial charge in [-0.2, -0.15) is 0 Å². The Morgan fingerprint density at radius 3 is 2.06 bits per heavy atom. The van der Waals surface area contributed by atoms with Crippen LogP contribution in [0.1, 0.15) is 0 Å². The smallest absolute Gasteiger partial charge is 0.129 e. The Morgan fingerprint density at radius 1 is 0.941 bits per heavy atom. The molecule has 1 aliphatic rings. The number of allylic oxidation sites excluding steroid dienone is 4. The summed E-state index contributed by atoms with van der Waals surface area (Å²) in [7, 11) is -2.56. The van der Waals surface area contributed by atoms with Crippen molar-refractivity contribution in [2.75, 3.05) is 0 Å². The highest BCUT2D eigenvalue weighted by Crippen LogP contribution is 2.18. The molecule has 1 aliphatic carbocycles. The maximum Gasteiger partial charge on any atom is 0.129 e. The first-order valence-corrected chi connectivity index (χ1v) is 13.1. The second-order valence-electron chi connectivity index (χ2n) is 6.50. The van der Waals surface area contributed by atoms with E-state index in [1.165, 1.54) is 5.57 Å². The molecule has 0 fully saturated rings. The molecular formula is C15H22Si2. The van der Waals surface area contributed by atoms with Crippen LogP contribution in [-0.2, 0) is 0 Å². The fourth-order valence-electron chi connectivity index (χ4n) is 1.28. The van der Waals surface area contributed by atoms with Crippen molar-refractivity contribution in [3.05, 3.63) is 23.8 Å². The van der Waals surface area contributed by atoms with Gasteiger partial charge in [0.25, 0.3) is 0 Å². The van der Waals surface area contributed by atoms with E-state index in [9.17, 15) is 0 Å². The standard InChI is InChI=1S/C15H22Si2/c1-16(2,3)12-10-14-8-7-9-15(14)11-13-17(4,5)6/h7-9,14H,1-6H3. The summed E-state index contributed by atoms with van der Waals surface area (Å²) in [5, 5.41) is 0. The maximum absolute atomic E-state index is 3.43. The van der Waals surface area contributed by atoms with E-state index in [-0.39, 0.29) is 5.92 Å². The van der Waals surface area contributed by atoms with Crippen LogP contribution in [-0.4, -0.2) is 16.1 Å². The zero-order valence-corrected chi connectivity index (χ0v) is 13.8. The minimum absolute atomic E-state index is 0.241. The Kier molecular flexibility index (Phi) is 4.25. The summed E-state index contributed by atoms with van der Waals surface area (Å²) < 4.78 is 0. The van der Waals surface area contributed by atoms with Gasteiger partial charge in [-0.1, -0.05) is 63.3 Å². The highest BCUT2D eigenvalue weighted by atomic mass is 28.3. The topological polar surface area (TPSA) is 0 Å². The molecule has 0 N–H and O–H groups in total. The molecule has 0 saturated carbocycles. The van der Waals surface area contributed by atoms with Crippen LogP contribution in [0.3, 0.4) is 0 Å². The first kappa shape index (κ1) is 14.1. The molecule has 0 amide bonds. The van der Waals surface area contributed by atoms with Crippen LogP contribution in [0.25, 0.3) is 0 Å². The fraction of sp³-hybridized carbons (Fsp3) is 0.467. The van der Waals surface area contributed by atoms with E-state index in [0.29, 0.717) is 0 Å². The van der Waals surface area contributed by atoms with Crippen LogP contribution < -0.4 is 0 Å². The molecule has 0 nitrogen and oxygen atoms in total. The predicted octanol–water partition coefficient (Wildman–Crippen LogP) is 3.86. The van der Waals surface area contributed by atoms with Gasteiger partial charge in [-0.15, -0.1) is 11.1 Å². The van der Waals surface area contributed by atoms with Crippen molar-refractivity contribution in [1.29, 1.82) is 0 Å². The molecule has 0 aromatic rings. The Labute approximate surface area is 108 Å². The normalized spacial score (nSPS) is 18.9. The molecule has 1 atom stereocenters. The lowest BCUT2D eigenvalue weighted by Crippen LogP contribution is -2.17. The van der Waals surface area contributed by atoms with Gasteiger partial charge < -0.3 is 0 Å². The SMILES string of the molecule is C[Si](C)(C)C#CC1=CC=CC1C#C[Si](C)(C)C. The summed E-state index contributed by atoms with van der Waals surface area (Å²) in [4.78, 5) is 0. The summed E-state index contributed by atoms with van der Waals surface area (Å²) in [6, 6.07) is 0. The molecule has 1 unspecified atom stereocenters. The second kappa shape index (κ2) is 5.13. The first-order chi connectivity index (χ1) is 7.67. The third-order valence-corrected chi connectivity index (χ3v) is 3.87. The van der Waals surface area contributed by atoms with Crippen molar-refractivity contribution in [2.24, 2.45) is 5.92 Å². The van der Waals surface area contributed by atoms with Crippen molar-refractivity contribution >= 4 is 16.1 Å². The highest BCUT2D eigenvalue weighted by molar-refractivity contribution is 6.84. The van der Waals surface area contributed by atoms with E-state index >= 15 is 0 Å². The molecule has 0 radical (unpaired) electrons. The first-order valence-electron chi connectivity index (χ1n) is 6.12. The van der Waals surface area contributed by atoms with Gasteiger partial charge in [-0.25, -0.2) is 0 Å². The fourth-order valence-corrected chi connectivity index (χ4v) is 2.38. The summed E-state index contributed by atoms with van der Waals surface area (Å²) >= 11 is 0. The van der Waals surface area contributed by atoms with Crippen LogP contribution >= 0.6 is 0 Å². The minimum Gasteiger partial charge on any atom is -0.131 e. The average Bonchev–Trinajstić information content (AvgIpc) is 2.56. The summed E-state index contributed by atoms with van der Waals surface area (Å²) in [5.41, 5.74) is 8.03. The van der Waals surface area contributed by atoms with Crippen LogP contribution in [0.5, 0.6) is 0 Å². The largest absolute Gasteiger partial charge is 0.131 e. The van der Waals surface area contributed by atoms with Crippen molar-refractivity contribution in [3.63, 3.8) is 0 Å². The van der Waals surface area contributed by atoms with Gasteiger partial charge in [0.1, 0.15) is 16.1 Å². The molecular weight excluding hydrogens is 236 g/mol. The van der Waals surface area contributed by atoms with E-state index in [0.717, 1.165) is 0 Å². The third kappa shape index (κ3) is 5.77. The monoisotopic (exact) mass is 258 g/mol. The van der Waals surface area contributed by atoms with Gasteiger partial charge in [-0.05, 0) is 6.08 Å². The molecule has 17 heavy (non-hydrogen) atoms. The molecule has 0 spiro atoms. The van der Waals surface area contributed by atoms with E-state index in [4.69, 9.17) is 0 Å². The van der Waals surface area contributed by atoms with Gasteiger partial charge in [0, 0.05) is 5.57 Å². The molecule has 0 saturated heterocycles. The van der Waals surface area contributed by atoms with Gasteiger partial charge in [-0.3, -0.25) is 0 Å². The van der Waals surface area contributed by atoms with Gasteiger partial charge in [0.15, 0.2) is 0 Å². The highest BCUT2D eigenvalue weighted by Gasteiger charge is 2.14. The number of hydrogen-bond acceptors (Lipinski definition) is 0. The Bertz CT molecular complexity index is 460. The summed E-state index contributed by atoms with van der Waals surface area (Å²) in [5.74, 6) is 6.95. The van der Waals surface area contributed by atoms with Crippen LogP contribution in [0, 0.1) is 28.8 Å². The summed E-state index contributed by atoms with van der Waals surface area (Å²) in [6.45, 7) is 13.6. The maximum atomic E-state index is 3.43. The van der Waals surface area contributed by atoms with Crippen LogP contribution in [0.4, 0.5) is 0 Å². The van der Waals surface area contributed by atoms with Crippen molar-refractivity contribution in [1.82, 2.24) is 0 Å². The molecule has 0 bridgehead atoms. The Morgan fingerprint density at radius 2 is 1.53 bits per heavy atom. The molecule has 1 rings (SSSR count). The van der Waals surface area contributed by atoms with Gasteiger partial charge in [0.2, 0.25) is 0 Å². The lowest BCUT2D eigenvalue weighted by molar-refractivity contribution is 1.09. The number of rotatable bonds is 0. The summed E-state index contributed by atoms with van der Waals surface area (Å²) in [6.07, 6.45) is 6.34.